The van der Waals surface area contributed by atoms with E-state index in [1.54, 1.807) is 0 Å². The molecule has 0 bridgehead atoms. The van der Waals surface area contributed by atoms with Crippen LogP contribution in [0.4, 0.5) is 18.9 Å². The monoisotopic (exact) mass is 360 g/mol. The van der Waals surface area contributed by atoms with Gasteiger partial charge < -0.3 is 0 Å². The van der Waals surface area contributed by atoms with Crippen molar-refractivity contribution in [3.63, 3.8) is 0 Å². The number of halogens is 4. The summed E-state index contributed by atoms with van der Waals surface area (Å²) in [6.45, 7) is 0. The lowest BCUT2D eigenvalue weighted by atomic mass is 10.2. The molecule has 120 valence electrons. The minimum atomic E-state index is -4.70. The number of hydrogen-bond donors (Lipinski definition) is 1. The van der Waals surface area contributed by atoms with Gasteiger partial charge in [0.15, 0.2) is 0 Å². The van der Waals surface area contributed by atoms with Crippen LogP contribution in [0, 0.1) is 11.3 Å². The van der Waals surface area contributed by atoms with Crippen molar-refractivity contribution in [3.05, 3.63) is 58.6 Å². The van der Waals surface area contributed by atoms with Crippen LogP contribution in [0.2, 0.25) is 5.02 Å². The van der Waals surface area contributed by atoms with Gasteiger partial charge in [0.1, 0.15) is 0 Å². The van der Waals surface area contributed by atoms with Gasteiger partial charge >= 0.3 is 6.18 Å². The summed E-state index contributed by atoms with van der Waals surface area (Å²) in [7, 11) is -4.08. The number of nitrogens with zero attached hydrogens (tertiary/aromatic N) is 1. The van der Waals surface area contributed by atoms with Crippen LogP contribution < -0.4 is 4.72 Å². The van der Waals surface area contributed by atoms with Gasteiger partial charge in [-0.3, -0.25) is 4.72 Å². The fourth-order valence-corrected chi connectivity index (χ4v) is 3.00. The Hall–Kier alpha value is -2.24. The Labute approximate surface area is 135 Å². The van der Waals surface area contributed by atoms with E-state index in [0.29, 0.717) is 6.07 Å². The Morgan fingerprint density at radius 3 is 2.22 bits per heavy atom. The molecule has 0 saturated heterocycles. The van der Waals surface area contributed by atoms with Crippen molar-refractivity contribution in [2.45, 2.75) is 11.1 Å². The summed E-state index contributed by atoms with van der Waals surface area (Å²) >= 11 is 5.47. The van der Waals surface area contributed by atoms with Crippen molar-refractivity contribution < 1.29 is 21.6 Å². The Morgan fingerprint density at radius 1 is 1.09 bits per heavy atom. The minimum absolute atomic E-state index is 0.181. The third-order valence-corrected chi connectivity index (χ3v) is 4.54. The number of anilines is 1. The number of alkyl halides is 3. The van der Waals surface area contributed by atoms with Gasteiger partial charge in [0.05, 0.1) is 27.1 Å². The molecule has 0 aliphatic carbocycles. The maximum absolute atomic E-state index is 12.8. The zero-order valence-electron chi connectivity index (χ0n) is 11.2. The zero-order valence-corrected chi connectivity index (χ0v) is 12.8. The molecule has 0 fully saturated rings. The Balaban J connectivity index is 2.36. The molecule has 0 spiro atoms. The normalized spacial score (nSPS) is 11.8. The van der Waals surface area contributed by atoms with Crippen LogP contribution in [0.3, 0.4) is 0 Å². The second-order valence-corrected chi connectivity index (χ2v) is 6.52. The van der Waals surface area contributed by atoms with E-state index in [0.717, 1.165) is 12.1 Å². The molecule has 0 heterocycles. The topological polar surface area (TPSA) is 70.0 Å². The first-order valence-electron chi connectivity index (χ1n) is 6.03. The number of sulfonamides is 1. The lowest BCUT2D eigenvalue weighted by molar-refractivity contribution is -0.137. The highest BCUT2D eigenvalue weighted by Gasteiger charge is 2.33. The van der Waals surface area contributed by atoms with E-state index in [9.17, 15) is 21.6 Å². The first-order valence-corrected chi connectivity index (χ1v) is 7.89. The predicted molar refractivity (Wildman–Crippen MR) is 78.4 cm³/mol. The van der Waals surface area contributed by atoms with Crippen LogP contribution in [-0.2, 0) is 16.2 Å². The summed E-state index contributed by atoms with van der Waals surface area (Å²) in [4.78, 5) is -0.181. The molecule has 4 nitrogen and oxygen atoms in total. The summed E-state index contributed by atoms with van der Waals surface area (Å²) in [5, 5.41) is 8.14. The lowest BCUT2D eigenvalue weighted by Crippen LogP contribution is -2.14. The number of nitrogens with one attached hydrogen (secondary N) is 1. The molecule has 0 unspecified atom stereocenters. The molecule has 0 aliphatic heterocycles. The smallest absolute Gasteiger partial charge is 0.280 e. The van der Waals surface area contributed by atoms with Gasteiger partial charge in [-0.15, -0.1) is 0 Å². The number of nitriles is 1. The molecule has 1 N–H and O–H groups in total. The molecule has 0 aliphatic rings. The van der Waals surface area contributed by atoms with E-state index in [4.69, 9.17) is 16.9 Å². The van der Waals surface area contributed by atoms with Crippen LogP contribution in [0.25, 0.3) is 0 Å². The number of benzene rings is 2. The van der Waals surface area contributed by atoms with Crippen LogP contribution in [-0.4, -0.2) is 8.42 Å². The summed E-state index contributed by atoms with van der Waals surface area (Å²) < 4.78 is 64.6. The molecule has 0 saturated carbocycles. The van der Waals surface area contributed by atoms with Crippen molar-refractivity contribution in [2.75, 3.05) is 4.72 Å². The third-order valence-electron chi connectivity index (χ3n) is 2.82. The van der Waals surface area contributed by atoms with Gasteiger partial charge in [0.2, 0.25) is 0 Å². The van der Waals surface area contributed by atoms with Crippen LogP contribution in [0.5, 0.6) is 0 Å². The van der Waals surface area contributed by atoms with E-state index in [1.165, 1.54) is 24.3 Å². The van der Waals surface area contributed by atoms with Crippen LogP contribution >= 0.6 is 11.6 Å². The number of hydrogen-bond acceptors (Lipinski definition) is 3. The standard InChI is InChI=1S/C14H8ClF3N2O2S/c15-13-6-3-10(7-12(13)14(16,17)18)20-23(21,22)11-4-1-9(8-19)2-5-11/h1-7,20H. The Morgan fingerprint density at radius 2 is 1.70 bits per heavy atom. The summed E-state index contributed by atoms with van der Waals surface area (Å²) in [5.74, 6) is 0. The largest absolute Gasteiger partial charge is 0.417 e. The summed E-state index contributed by atoms with van der Waals surface area (Å²) in [6, 6.07) is 9.47. The van der Waals surface area contributed by atoms with Crippen molar-refractivity contribution in [2.24, 2.45) is 0 Å². The second kappa shape index (κ2) is 6.10. The molecule has 2 aromatic carbocycles. The Bertz CT molecular complexity index is 872. The van der Waals surface area contributed by atoms with Crippen molar-refractivity contribution >= 4 is 27.3 Å². The second-order valence-electron chi connectivity index (χ2n) is 4.43. The van der Waals surface area contributed by atoms with E-state index >= 15 is 0 Å². The molecule has 0 amide bonds. The van der Waals surface area contributed by atoms with E-state index in [1.807, 2.05) is 10.8 Å². The quantitative estimate of drug-likeness (QED) is 0.898. The molecule has 0 aromatic heterocycles. The highest BCUT2D eigenvalue weighted by Crippen LogP contribution is 2.36. The SMILES string of the molecule is N#Cc1ccc(S(=O)(=O)Nc2ccc(Cl)c(C(F)(F)F)c2)cc1. The van der Waals surface area contributed by atoms with Gasteiger partial charge in [-0.1, -0.05) is 11.6 Å². The van der Waals surface area contributed by atoms with E-state index in [2.05, 4.69) is 0 Å². The summed E-state index contributed by atoms with van der Waals surface area (Å²) in [6.07, 6.45) is -4.70. The summed E-state index contributed by atoms with van der Waals surface area (Å²) in [5.41, 5.74) is -1.15. The first-order chi connectivity index (χ1) is 10.6. The van der Waals surface area contributed by atoms with Gasteiger partial charge in [-0.2, -0.15) is 18.4 Å². The zero-order chi connectivity index (χ0) is 17.3. The molecule has 2 rings (SSSR count). The van der Waals surface area contributed by atoms with Gasteiger partial charge in [0.25, 0.3) is 10.0 Å². The van der Waals surface area contributed by atoms with Gasteiger partial charge in [-0.05, 0) is 42.5 Å². The minimum Gasteiger partial charge on any atom is -0.280 e. The van der Waals surface area contributed by atoms with Crippen molar-refractivity contribution in [1.29, 1.82) is 5.26 Å². The maximum atomic E-state index is 12.8. The average molecular weight is 361 g/mol. The fourth-order valence-electron chi connectivity index (χ4n) is 1.73. The van der Waals surface area contributed by atoms with Crippen LogP contribution in [0.15, 0.2) is 47.4 Å². The molecule has 0 radical (unpaired) electrons. The Kier molecular flexibility index (Phi) is 4.54. The molecule has 2 aromatic rings. The number of rotatable bonds is 3. The highest BCUT2D eigenvalue weighted by molar-refractivity contribution is 7.92. The molecule has 9 heteroatoms. The van der Waals surface area contributed by atoms with E-state index < -0.39 is 26.8 Å². The van der Waals surface area contributed by atoms with Gasteiger partial charge in [0, 0.05) is 5.69 Å². The van der Waals surface area contributed by atoms with Crippen molar-refractivity contribution in [3.8, 4) is 6.07 Å². The maximum Gasteiger partial charge on any atom is 0.417 e. The molecular formula is C14H8ClF3N2O2S. The first kappa shape index (κ1) is 17.1. The highest BCUT2D eigenvalue weighted by atomic mass is 35.5. The molecule has 0 atom stereocenters. The average Bonchev–Trinajstić information content (AvgIpc) is 2.48. The van der Waals surface area contributed by atoms with Crippen molar-refractivity contribution in [1.82, 2.24) is 0 Å². The van der Waals surface area contributed by atoms with Crippen LogP contribution in [0.1, 0.15) is 11.1 Å². The molecular weight excluding hydrogens is 353 g/mol. The third kappa shape index (κ3) is 3.94. The predicted octanol–water partition coefficient (Wildman–Crippen LogP) is 4.03. The van der Waals surface area contributed by atoms with E-state index in [-0.39, 0.29) is 16.1 Å². The lowest BCUT2D eigenvalue weighted by Gasteiger charge is -2.12. The fraction of sp³-hybridized carbons (Fsp3) is 0.0714. The molecule has 23 heavy (non-hydrogen) atoms. The van der Waals surface area contributed by atoms with Gasteiger partial charge in [-0.25, -0.2) is 8.42 Å².